The highest BCUT2D eigenvalue weighted by atomic mass is 19.4. The quantitative estimate of drug-likeness (QED) is 0.710. The first-order valence-electron chi connectivity index (χ1n) is 3.41. The molecule has 0 amide bonds. The van der Waals surface area contributed by atoms with Crippen LogP contribution in [0.25, 0.3) is 0 Å². The molecule has 0 aliphatic carbocycles. The van der Waals surface area contributed by atoms with Gasteiger partial charge in [0.15, 0.2) is 0 Å². The highest BCUT2D eigenvalue weighted by Crippen LogP contribution is 2.18. The Bertz CT molecular complexity index is 152. The lowest BCUT2D eigenvalue weighted by atomic mass is 10.2. The van der Waals surface area contributed by atoms with Gasteiger partial charge >= 0.3 is 6.18 Å². The Balaban J connectivity index is 3.67. The van der Waals surface area contributed by atoms with Crippen LogP contribution in [0.2, 0.25) is 0 Å². The zero-order valence-corrected chi connectivity index (χ0v) is 6.87. The summed E-state index contributed by atoms with van der Waals surface area (Å²) in [5.41, 5.74) is 4.84. The van der Waals surface area contributed by atoms with Crippen LogP contribution in [-0.4, -0.2) is 31.4 Å². The monoisotopic (exact) mass is 207 g/mol. The van der Waals surface area contributed by atoms with E-state index in [9.17, 15) is 22.0 Å². The van der Waals surface area contributed by atoms with E-state index in [1.807, 2.05) is 0 Å². The smallest absolute Gasteiger partial charge is 0.370 e. The minimum Gasteiger partial charge on any atom is -0.370 e. The molecule has 0 aliphatic rings. The number of rotatable bonds is 4. The maximum atomic E-state index is 12.2. The van der Waals surface area contributed by atoms with E-state index in [-0.39, 0.29) is 0 Å². The summed E-state index contributed by atoms with van der Waals surface area (Å²) in [5.74, 6) is -3.23. The zero-order chi connectivity index (χ0) is 10.7. The normalized spacial score (nSPS) is 15.9. The molecule has 2 nitrogen and oxygen atoms in total. The highest BCUT2D eigenvalue weighted by Gasteiger charge is 2.33. The second-order valence-corrected chi connectivity index (χ2v) is 2.69. The molecule has 1 unspecified atom stereocenters. The predicted octanol–water partition coefficient (Wildman–Crippen LogP) is 1.55. The van der Waals surface area contributed by atoms with Gasteiger partial charge in [-0.05, 0) is 0 Å². The number of alkyl halides is 5. The van der Waals surface area contributed by atoms with Gasteiger partial charge in [0, 0.05) is 6.92 Å². The first-order valence-corrected chi connectivity index (χ1v) is 3.41. The molecule has 13 heavy (non-hydrogen) atoms. The van der Waals surface area contributed by atoms with Crippen LogP contribution in [0, 0.1) is 0 Å². The molecule has 0 aromatic carbocycles. The molecule has 0 bridgehead atoms. The third-order valence-electron chi connectivity index (χ3n) is 1.21. The van der Waals surface area contributed by atoms with E-state index in [0.29, 0.717) is 6.92 Å². The molecule has 0 fully saturated rings. The molecule has 2 N–H and O–H groups in total. The Morgan fingerprint density at radius 3 is 2.00 bits per heavy atom. The molecular formula is C6H10F5NO. The van der Waals surface area contributed by atoms with Gasteiger partial charge in [-0.15, -0.1) is 0 Å². The van der Waals surface area contributed by atoms with Gasteiger partial charge in [-0.1, -0.05) is 0 Å². The molecule has 0 saturated carbocycles. The van der Waals surface area contributed by atoms with Crippen LogP contribution in [0.4, 0.5) is 22.0 Å². The third-order valence-corrected chi connectivity index (χ3v) is 1.21. The largest absolute Gasteiger partial charge is 0.411 e. The van der Waals surface area contributed by atoms with Gasteiger partial charge in [0.1, 0.15) is 6.61 Å². The summed E-state index contributed by atoms with van der Waals surface area (Å²) in [6, 6.07) is -1.71. The molecule has 7 heteroatoms. The van der Waals surface area contributed by atoms with Gasteiger partial charge in [0.05, 0.1) is 12.6 Å². The first-order chi connectivity index (χ1) is 5.63. The Hall–Kier alpha value is -0.430. The summed E-state index contributed by atoms with van der Waals surface area (Å²) in [6.45, 7) is -1.85. The summed E-state index contributed by atoms with van der Waals surface area (Å²) >= 11 is 0. The van der Waals surface area contributed by atoms with E-state index in [2.05, 4.69) is 4.74 Å². The van der Waals surface area contributed by atoms with Gasteiger partial charge < -0.3 is 10.5 Å². The topological polar surface area (TPSA) is 35.2 Å². The second-order valence-electron chi connectivity index (χ2n) is 2.69. The van der Waals surface area contributed by atoms with Crippen molar-refractivity contribution in [2.75, 3.05) is 13.2 Å². The lowest BCUT2D eigenvalue weighted by Crippen LogP contribution is -2.42. The summed E-state index contributed by atoms with van der Waals surface area (Å²) < 4.78 is 62.8. The lowest BCUT2D eigenvalue weighted by Gasteiger charge is -2.19. The van der Waals surface area contributed by atoms with Gasteiger partial charge in [-0.2, -0.15) is 13.2 Å². The van der Waals surface area contributed by atoms with Gasteiger partial charge in [0.25, 0.3) is 5.92 Å². The number of nitrogens with two attached hydrogens (primary N) is 1. The van der Waals surface area contributed by atoms with Gasteiger partial charge in [-0.25, -0.2) is 8.78 Å². The maximum Gasteiger partial charge on any atom is 0.411 e. The molecular weight excluding hydrogens is 197 g/mol. The number of ether oxygens (including phenoxy) is 1. The number of hydrogen-bond acceptors (Lipinski definition) is 2. The Kier molecular flexibility index (Phi) is 4.05. The molecule has 0 aromatic heterocycles. The summed E-state index contributed by atoms with van der Waals surface area (Å²) in [7, 11) is 0. The lowest BCUT2D eigenvalue weighted by molar-refractivity contribution is -0.179. The van der Waals surface area contributed by atoms with Crippen LogP contribution in [-0.2, 0) is 4.74 Å². The van der Waals surface area contributed by atoms with Crippen LogP contribution in [0.3, 0.4) is 0 Å². The summed E-state index contributed by atoms with van der Waals surface area (Å²) in [6.07, 6.45) is -4.51. The molecule has 0 aliphatic heterocycles. The molecule has 0 aromatic rings. The predicted molar refractivity (Wildman–Crippen MR) is 35.5 cm³/mol. The van der Waals surface area contributed by atoms with Crippen LogP contribution >= 0.6 is 0 Å². The number of hydrogen-bond donors (Lipinski definition) is 1. The molecule has 0 saturated heterocycles. The fourth-order valence-corrected chi connectivity index (χ4v) is 0.448. The van der Waals surface area contributed by atoms with Crippen molar-refractivity contribution in [2.24, 2.45) is 5.73 Å². The fourth-order valence-electron chi connectivity index (χ4n) is 0.448. The van der Waals surface area contributed by atoms with Gasteiger partial charge in [-0.3, -0.25) is 0 Å². The van der Waals surface area contributed by atoms with Crippen molar-refractivity contribution < 1.29 is 26.7 Å². The maximum absolute atomic E-state index is 12.2. The molecule has 0 heterocycles. The van der Waals surface area contributed by atoms with Crippen molar-refractivity contribution in [3.05, 3.63) is 0 Å². The van der Waals surface area contributed by atoms with Crippen LogP contribution < -0.4 is 5.73 Å². The summed E-state index contributed by atoms with van der Waals surface area (Å²) in [4.78, 5) is 0. The Labute approximate surface area is 71.8 Å². The minimum absolute atomic E-state index is 0.522. The SMILES string of the molecule is CC(F)(F)C(N)COCC(F)(F)F. The van der Waals surface area contributed by atoms with Crippen molar-refractivity contribution in [1.29, 1.82) is 0 Å². The average Bonchev–Trinajstić information content (AvgIpc) is 1.82. The highest BCUT2D eigenvalue weighted by molar-refractivity contribution is 4.74. The molecule has 1 atom stereocenters. The van der Waals surface area contributed by atoms with Crippen molar-refractivity contribution in [2.45, 2.75) is 25.1 Å². The third kappa shape index (κ3) is 6.71. The van der Waals surface area contributed by atoms with Crippen LogP contribution in [0.5, 0.6) is 0 Å². The van der Waals surface area contributed by atoms with E-state index in [0.717, 1.165) is 0 Å². The second kappa shape index (κ2) is 4.19. The Morgan fingerprint density at radius 2 is 1.69 bits per heavy atom. The standard InChI is InChI=1S/C6H10F5NO/c1-5(7,8)4(12)2-13-3-6(9,10)11/h4H,2-3,12H2,1H3. The summed E-state index contributed by atoms with van der Waals surface area (Å²) in [5, 5.41) is 0. The first kappa shape index (κ1) is 12.6. The van der Waals surface area contributed by atoms with Crippen molar-refractivity contribution in [3.8, 4) is 0 Å². The van der Waals surface area contributed by atoms with E-state index in [1.54, 1.807) is 0 Å². The van der Waals surface area contributed by atoms with Crippen LogP contribution in [0.15, 0.2) is 0 Å². The van der Waals surface area contributed by atoms with Crippen molar-refractivity contribution in [3.63, 3.8) is 0 Å². The molecule has 0 radical (unpaired) electrons. The number of halogens is 5. The van der Waals surface area contributed by atoms with Crippen LogP contribution in [0.1, 0.15) is 6.92 Å². The van der Waals surface area contributed by atoms with Crippen molar-refractivity contribution in [1.82, 2.24) is 0 Å². The van der Waals surface area contributed by atoms with E-state index >= 15 is 0 Å². The van der Waals surface area contributed by atoms with E-state index < -0.39 is 31.4 Å². The fraction of sp³-hybridized carbons (Fsp3) is 1.00. The zero-order valence-electron chi connectivity index (χ0n) is 6.87. The van der Waals surface area contributed by atoms with E-state index in [4.69, 9.17) is 5.73 Å². The molecule has 0 spiro atoms. The average molecular weight is 207 g/mol. The minimum atomic E-state index is -4.51. The van der Waals surface area contributed by atoms with Gasteiger partial charge in [0.2, 0.25) is 0 Å². The molecule has 0 rings (SSSR count). The van der Waals surface area contributed by atoms with Crippen molar-refractivity contribution >= 4 is 0 Å². The Morgan fingerprint density at radius 1 is 1.23 bits per heavy atom. The molecule has 80 valence electrons. The van der Waals surface area contributed by atoms with E-state index in [1.165, 1.54) is 0 Å².